The Morgan fingerprint density at radius 1 is 0.667 bits per heavy atom. The quantitative estimate of drug-likeness (QED) is 0.230. The van der Waals surface area contributed by atoms with Gasteiger partial charge in [-0.1, -0.05) is 36.4 Å². The molecule has 2 aromatic carbocycles. The van der Waals surface area contributed by atoms with E-state index in [0.717, 1.165) is 24.3 Å². The highest BCUT2D eigenvalue weighted by molar-refractivity contribution is 5.66. The fourth-order valence-electron chi connectivity index (χ4n) is 4.97. The molecule has 2 N–H and O–H groups in total. The van der Waals surface area contributed by atoms with Crippen molar-refractivity contribution in [1.29, 1.82) is 0 Å². The Kier molecular flexibility index (Phi) is 8.08. The fraction of sp³-hybridized carbons (Fsp3) is 0.258. The lowest BCUT2D eigenvalue weighted by molar-refractivity contribution is -0.138. The van der Waals surface area contributed by atoms with Gasteiger partial charge in [-0.15, -0.1) is 0 Å². The van der Waals surface area contributed by atoms with Gasteiger partial charge in [0, 0.05) is 22.5 Å². The number of primary amides is 1. The second-order valence-electron chi connectivity index (χ2n) is 10.4. The van der Waals surface area contributed by atoms with Gasteiger partial charge in [-0.3, -0.25) is 9.97 Å². The van der Waals surface area contributed by atoms with Crippen molar-refractivity contribution in [1.82, 2.24) is 9.97 Å². The molecule has 1 amide bonds. The van der Waals surface area contributed by atoms with Gasteiger partial charge in [-0.2, -0.15) is 26.3 Å². The lowest BCUT2D eigenvalue weighted by Crippen LogP contribution is -2.38. The van der Waals surface area contributed by atoms with Crippen molar-refractivity contribution in [3.05, 3.63) is 106 Å². The molecule has 2 heterocycles. The number of carbonyl (C=O) groups excluding carboxylic acids is 1. The number of halogens is 6. The number of benzene rings is 2. The topological polar surface area (TPSA) is 78.1 Å². The molecule has 5 nitrogen and oxygen atoms in total. The van der Waals surface area contributed by atoms with Crippen LogP contribution in [0.5, 0.6) is 0 Å². The molecule has 4 aromatic rings. The maximum atomic E-state index is 13.0. The molecule has 0 fully saturated rings. The van der Waals surface area contributed by atoms with E-state index in [-0.39, 0.29) is 0 Å². The predicted molar refractivity (Wildman–Crippen MR) is 145 cm³/mol. The number of hydrogen-bond acceptors (Lipinski definition) is 4. The average Bonchev–Trinajstić information content (AvgIpc) is 2.89. The van der Waals surface area contributed by atoms with Crippen LogP contribution in [0, 0.1) is 13.8 Å². The summed E-state index contributed by atoms with van der Waals surface area (Å²) < 4.78 is 83.5. The molecule has 0 aliphatic heterocycles. The SMILES string of the molecule is Cc1nc(-c2ccc(C(F)(F)F)cc2)ccc1C(c1ccc(-c2ccc(C(F)(F)F)cc2)nc1C)C(C)(C)OC(N)=O. The summed E-state index contributed by atoms with van der Waals surface area (Å²) in [6.07, 6.45) is -9.92. The molecular formula is C31H27F6N3O2. The minimum atomic E-state index is -4.46. The van der Waals surface area contributed by atoms with Crippen molar-refractivity contribution in [2.45, 2.75) is 51.6 Å². The van der Waals surface area contributed by atoms with Crippen molar-refractivity contribution in [2.24, 2.45) is 5.73 Å². The third kappa shape index (κ3) is 6.56. The van der Waals surface area contributed by atoms with Gasteiger partial charge in [0.15, 0.2) is 0 Å². The second kappa shape index (κ2) is 11.1. The molecule has 0 saturated heterocycles. The van der Waals surface area contributed by atoms with Crippen LogP contribution in [0.1, 0.15) is 53.4 Å². The molecule has 11 heteroatoms. The van der Waals surface area contributed by atoms with E-state index in [1.807, 2.05) is 0 Å². The summed E-state index contributed by atoms with van der Waals surface area (Å²) in [6, 6.07) is 16.2. The monoisotopic (exact) mass is 587 g/mol. The first-order valence-electron chi connectivity index (χ1n) is 12.8. The average molecular weight is 588 g/mol. The first-order chi connectivity index (χ1) is 19.5. The number of nitrogens with zero attached hydrogens (tertiary/aromatic N) is 2. The molecule has 42 heavy (non-hydrogen) atoms. The molecule has 0 radical (unpaired) electrons. The zero-order valence-electron chi connectivity index (χ0n) is 23.1. The Balaban J connectivity index is 1.75. The molecule has 0 spiro atoms. The molecule has 0 atom stereocenters. The van der Waals surface area contributed by atoms with Gasteiger partial charge in [0.05, 0.1) is 28.4 Å². The van der Waals surface area contributed by atoms with Crippen molar-refractivity contribution < 1.29 is 35.9 Å². The summed E-state index contributed by atoms with van der Waals surface area (Å²) >= 11 is 0. The highest BCUT2D eigenvalue weighted by Gasteiger charge is 2.38. The predicted octanol–water partition coefficient (Wildman–Crippen LogP) is 8.47. The van der Waals surface area contributed by atoms with E-state index >= 15 is 0 Å². The number of amides is 1. The number of aryl methyl sites for hydroxylation is 2. The van der Waals surface area contributed by atoms with E-state index in [4.69, 9.17) is 10.5 Å². The summed E-state index contributed by atoms with van der Waals surface area (Å²) in [5.41, 5.74) is 6.89. The van der Waals surface area contributed by atoms with Gasteiger partial charge < -0.3 is 10.5 Å². The van der Waals surface area contributed by atoms with E-state index in [9.17, 15) is 31.1 Å². The zero-order chi connectivity index (χ0) is 31.0. The number of alkyl halides is 6. The maximum Gasteiger partial charge on any atom is 0.416 e. The summed E-state index contributed by atoms with van der Waals surface area (Å²) in [5.74, 6) is -0.631. The Morgan fingerprint density at radius 3 is 1.31 bits per heavy atom. The van der Waals surface area contributed by atoms with Crippen LogP contribution in [-0.4, -0.2) is 21.7 Å². The molecule has 0 aliphatic rings. The molecule has 0 saturated carbocycles. The normalized spacial score (nSPS) is 12.5. The van der Waals surface area contributed by atoms with E-state index in [0.29, 0.717) is 45.0 Å². The third-order valence-corrected chi connectivity index (χ3v) is 6.95. The smallest absolute Gasteiger partial charge is 0.416 e. The maximum absolute atomic E-state index is 13.0. The number of carbonyl (C=O) groups is 1. The van der Waals surface area contributed by atoms with Gasteiger partial charge in [-0.05, 0) is 75.2 Å². The van der Waals surface area contributed by atoms with E-state index < -0.39 is 41.1 Å². The fourth-order valence-corrected chi connectivity index (χ4v) is 4.97. The zero-order valence-corrected chi connectivity index (χ0v) is 23.1. The Labute approximate surface area is 238 Å². The molecule has 0 unspecified atom stereocenters. The minimum Gasteiger partial charge on any atom is -0.443 e. The number of nitrogens with two attached hydrogens (primary N) is 1. The number of pyridine rings is 2. The standard InChI is InChI=1S/C31H27F6N3O2/c1-17-23(13-15-25(39-17)19-5-9-21(10-6-19)30(32,33)34)27(29(3,4)42-28(38)41)24-14-16-26(40-18(24)2)20-7-11-22(12-8-20)31(35,36)37/h5-16,27H,1-4H3,(H2,38,41). The van der Waals surface area contributed by atoms with Crippen molar-refractivity contribution in [3.63, 3.8) is 0 Å². The van der Waals surface area contributed by atoms with Crippen LogP contribution < -0.4 is 5.73 Å². The summed E-state index contributed by atoms with van der Waals surface area (Å²) in [7, 11) is 0. The second-order valence-corrected chi connectivity index (χ2v) is 10.4. The Hall–Kier alpha value is -4.41. The highest BCUT2D eigenvalue weighted by Crippen LogP contribution is 2.41. The molecule has 220 valence electrons. The molecular weight excluding hydrogens is 560 g/mol. The minimum absolute atomic E-state index is 0.449. The van der Waals surface area contributed by atoms with Crippen LogP contribution in [-0.2, 0) is 17.1 Å². The number of ether oxygens (including phenoxy) is 1. The first kappa shape index (κ1) is 30.5. The van der Waals surface area contributed by atoms with Crippen LogP contribution in [0.25, 0.3) is 22.5 Å². The van der Waals surface area contributed by atoms with E-state index in [1.54, 1.807) is 52.0 Å². The van der Waals surface area contributed by atoms with Crippen LogP contribution in [0.4, 0.5) is 31.1 Å². The molecule has 0 aliphatic carbocycles. The number of aromatic nitrogens is 2. The van der Waals surface area contributed by atoms with Crippen molar-refractivity contribution in [3.8, 4) is 22.5 Å². The number of rotatable bonds is 6. The lowest BCUT2D eigenvalue weighted by Gasteiger charge is -2.35. The van der Waals surface area contributed by atoms with Crippen molar-refractivity contribution >= 4 is 6.09 Å². The Morgan fingerprint density at radius 2 is 1.02 bits per heavy atom. The third-order valence-electron chi connectivity index (χ3n) is 6.95. The summed E-state index contributed by atoms with van der Waals surface area (Å²) in [5, 5.41) is 0. The van der Waals surface area contributed by atoms with E-state index in [1.165, 1.54) is 24.3 Å². The Bertz CT molecular complexity index is 1490. The van der Waals surface area contributed by atoms with Gasteiger partial charge in [0.25, 0.3) is 0 Å². The summed E-state index contributed by atoms with van der Waals surface area (Å²) in [6.45, 7) is 6.81. The van der Waals surface area contributed by atoms with Gasteiger partial charge in [0.1, 0.15) is 5.60 Å². The first-order valence-corrected chi connectivity index (χ1v) is 12.8. The molecule has 2 aromatic heterocycles. The van der Waals surface area contributed by atoms with Gasteiger partial charge in [0.2, 0.25) is 0 Å². The number of hydrogen-bond donors (Lipinski definition) is 1. The van der Waals surface area contributed by atoms with Gasteiger partial charge >= 0.3 is 18.4 Å². The molecule has 0 bridgehead atoms. The van der Waals surface area contributed by atoms with E-state index in [2.05, 4.69) is 9.97 Å². The van der Waals surface area contributed by atoms with Crippen LogP contribution in [0.15, 0.2) is 72.8 Å². The largest absolute Gasteiger partial charge is 0.443 e. The van der Waals surface area contributed by atoms with Gasteiger partial charge in [-0.25, -0.2) is 4.79 Å². The molecule has 4 rings (SSSR count). The highest BCUT2D eigenvalue weighted by atomic mass is 19.4. The lowest BCUT2D eigenvalue weighted by atomic mass is 9.77. The summed E-state index contributed by atoms with van der Waals surface area (Å²) in [4.78, 5) is 21.1. The van der Waals surface area contributed by atoms with Crippen molar-refractivity contribution in [2.75, 3.05) is 0 Å². The van der Waals surface area contributed by atoms with Crippen LogP contribution in [0.3, 0.4) is 0 Å². The van der Waals surface area contributed by atoms with Crippen LogP contribution in [0.2, 0.25) is 0 Å². The van der Waals surface area contributed by atoms with Crippen LogP contribution >= 0.6 is 0 Å².